The topological polar surface area (TPSA) is 132 Å². The second-order valence-electron chi connectivity index (χ2n) is 12.8. The number of anilines is 2. The molecule has 2 atom stereocenters. The number of nitrogens with two attached hydrogens (primary N) is 1. The number of aromatic nitrogens is 6. The monoisotopic (exact) mass is 784 g/mol. The summed E-state index contributed by atoms with van der Waals surface area (Å²) in [5.41, 5.74) is 9.35. The van der Waals surface area contributed by atoms with Crippen molar-refractivity contribution in [3.63, 3.8) is 0 Å². The average Bonchev–Trinajstić information content (AvgIpc) is 3.77. The molecule has 6 heterocycles. The fraction of sp³-hybridized carbons (Fsp3) is 0.216. The molecule has 0 radical (unpaired) electrons. The van der Waals surface area contributed by atoms with Crippen LogP contribution in [0.25, 0.3) is 22.5 Å². The average molecular weight is 785 g/mol. The van der Waals surface area contributed by atoms with Crippen LogP contribution in [0.1, 0.15) is 25.2 Å². The lowest BCUT2D eigenvalue weighted by Crippen LogP contribution is -2.47. The summed E-state index contributed by atoms with van der Waals surface area (Å²) in [5, 5.41) is 14.4. The van der Waals surface area contributed by atoms with Crippen LogP contribution in [-0.2, 0) is 26.2 Å². The van der Waals surface area contributed by atoms with Crippen LogP contribution in [0.5, 0.6) is 0 Å². The third-order valence-corrected chi connectivity index (χ3v) is 8.76. The van der Waals surface area contributed by atoms with Crippen molar-refractivity contribution < 1.29 is 39.9 Å². The number of amides is 2. The van der Waals surface area contributed by atoms with Crippen LogP contribution in [0.3, 0.4) is 0 Å². The molecule has 0 bridgehead atoms. The molecule has 0 spiro atoms. The number of nitrogens with one attached hydrogen (secondary N) is 2. The summed E-state index contributed by atoms with van der Waals surface area (Å²) in [7, 11) is 0. The molecule has 2 aromatic carbocycles. The fourth-order valence-electron chi connectivity index (χ4n) is 5.92. The first kappa shape index (κ1) is 39.3. The summed E-state index contributed by atoms with van der Waals surface area (Å²) in [6.07, 6.45) is 5.72. The Bertz CT molecular complexity index is 2300. The molecule has 2 aliphatic rings. The first-order valence-electron chi connectivity index (χ1n) is 16.9. The van der Waals surface area contributed by atoms with Crippen LogP contribution >= 0.6 is 0 Å². The molecule has 0 saturated carbocycles. The highest BCUT2D eigenvalue weighted by Crippen LogP contribution is 2.29. The highest BCUT2D eigenvalue weighted by atomic mass is 19.2. The molecule has 0 aliphatic carbocycles. The van der Waals surface area contributed by atoms with Gasteiger partial charge in [0, 0.05) is 59.4 Å². The normalized spacial score (nSPS) is 15.8. The van der Waals surface area contributed by atoms with E-state index in [1.165, 1.54) is 29.3 Å². The number of nitrogen functional groups attached to an aromatic ring is 1. The minimum atomic E-state index is -1.60. The zero-order chi connectivity index (χ0) is 40.3. The van der Waals surface area contributed by atoms with E-state index >= 15 is 0 Å². The Morgan fingerprint density at radius 1 is 0.714 bits per heavy atom. The molecule has 4 aromatic heterocycles. The highest BCUT2D eigenvalue weighted by molar-refractivity contribution is 5.89. The summed E-state index contributed by atoms with van der Waals surface area (Å²) in [5.74, 6) is -9.20. The van der Waals surface area contributed by atoms with E-state index in [9.17, 15) is 39.9 Å². The third-order valence-electron chi connectivity index (χ3n) is 8.76. The van der Waals surface area contributed by atoms with Crippen LogP contribution in [0, 0.1) is 46.5 Å². The van der Waals surface area contributed by atoms with Crippen molar-refractivity contribution >= 4 is 17.4 Å². The van der Waals surface area contributed by atoms with Gasteiger partial charge in [0.05, 0.1) is 73.2 Å². The van der Waals surface area contributed by atoms with Gasteiger partial charge >= 0.3 is 6.03 Å². The van der Waals surface area contributed by atoms with Gasteiger partial charge in [0.1, 0.15) is 11.6 Å². The van der Waals surface area contributed by atoms with Crippen LogP contribution in [0.2, 0.25) is 0 Å². The van der Waals surface area contributed by atoms with Crippen molar-refractivity contribution in [1.82, 2.24) is 39.7 Å². The Labute approximate surface area is 313 Å². The van der Waals surface area contributed by atoms with Crippen LogP contribution < -0.4 is 16.4 Å². The zero-order valence-electron chi connectivity index (χ0n) is 29.6. The van der Waals surface area contributed by atoms with Crippen molar-refractivity contribution in [2.75, 3.05) is 11.1 Å². The minimum Gasteiger partial charge on any atom is -0.399 e. The standard InChI is InChI=1S/C19H15F4N5O.C12H13FN4.C6H4F3N/c1-10-8-28-17(13(7-25-28)16-3-2-11(20)6-24-16)9-27(10)19(29)26-12-4-14(21)18(23)15(22)5-12;1-8-7-17-12(6-14-8)10(5-16-17)11-3-2-9(13)4-15-11;7-4-1-3(10)2-5(8)6(4)9/h2-7,10H,8-9H2,1H3,(H,26,29);2-5,8,14H,6-7H2,1H3;1-2H,10H2/t10-;8-;/m00./s1. The van der Waals surface area contributed by atoms with E-state index in [0.717, 1.165) is 48.4 Å². The highest BCUT2D eigenvalue weighted by Gasteiger charge is 2.30. The van der Waals surface area contributed by atoms with Gasteiger partial charge in [0.15, 0.2) is 34.9 Å². The summed E-state index contributed by atoms with van der Waals surface area (Å²) in [6, 6.07) is 8.32. The van der Waals surface area contributed by atoms with Gasteiger partial charge < -0.3 is 21.3 Å². The number of hydrogen-bond donors (Lipinski definition) is 3. The molecular formula is C37H32F8N10O. The van der Waals surface area contributed by atoms with Gasteiger partial charge in [0.2, 0.25) is 0 Å². The van der Waals surface area contributed by atoms with Gasteiger partial charge in [-0.1, -0.05) is 0 Å². The number of benzene rings is 2. The molecule has 292 valence electrons. The number of urea groups is 1. The first-order chi connectivity index (χ1) is 26.7. The molecule has 2 aliphatic heterocycles. The molecule has 0 fully saturated rings. The van der Waals surface area contributed by atoms with Crippen LogP contribution in [0.15, 0.2) is 73.3 Å². The van der Waals surface area contributed by atoms with Gasteiger partial charge in [-0.2, -0.15) is 10.2 Å². The maximum Gasteiger partial charge on any atom is 0.322 e. The van der Waals surface area contributed by atoms with E-state index in [4.69, 9.17) is 5.73 Å². The number of hydrogen-bond acceptors (Lipinski definition) is 7. The van der Waals surface area contributed by atoms with Gasteiger partial charge in [0.25, 0.3) is 0 Å². The largest absolute Gasteiger partial charge is 0.399 e. The molecule has 56 heavy (non-hydrogen) atoms. The van der Waals surface area contributed by atoms with Gasteiger partial charge in [-0.25, -0.2) is 39.9 Å². The lowest BCUT2D eigenvalue weighted by Gasteiger charge is -2.34. The maximum atomic E-state index is 13.4. The Kier molecular flexibility index (Phi) is 11.6. The van der Waals surface area contributed by atoms with E-state index < -0.39 is 46.8 Å². The van der Waals surface area contributed by atoms with Crippen molar-refractivity contribution in [1.29, 1.82) is 0 Å². The number of carbonyl (C=O) groups is 1. The number of rotatable bonds is 3. The Morgan fingerprint density at radius 3 is 1.73 bits per heavy atom. The van der Waals surface area contributed by atoms with E-state index in [1.807, 2.05) is 4.68 Å². The van der Waals surface area contributed by atoms with E-state index in [0.29, 0.717) is 41.7 Å². The van der Waals surface area contributed by atoms with Gasteiger partial charge in [-0.15, -0.1) is 0 Å². The second kappa shape index (κ2) is 16.6. The summed E-state index contributed by atoms with van der Waals surface area (Å²) < 4.78 is 106. The molecule has 4 N–H and O–H groups in total. The molecule has 2 amide bonds. The molecule has 11 nitrogen and oxygen atoms in total. The zero-order valence-corrected chi connectivity index (χ0v) is 29.6. The number of pyridine rings is 2. The Hall–Kier alpha value is -6.37. The molecule has 0 unspecified atom stereocenters. The van der Waals surface area contributed by atoms with Crippen molar-refractivity contribution in [3.8, 4) is 22.5 Å². The van der Waals surface area contributed by atoms with E-state index in [-0.39, 0.29) is 29.8 Å². The fourth-order valence-corrected chi connectivity index (χ4v) is 5.92. The smallest absolute Gasteiger partial charge is 0.322 e. The summed E-state index contributed by atoms with van der Waals surface area (Å²) in [4.78, 5) is 22.3. The van der Waals surface area contributed by atoms with Gasteiger partial charge in [-0.3, -0.25) is 19.3 Å². The maximum absolute atomic E-state index is 13.4. The van der Waals surface area contributed by atoms with E-state index in [2.05, 4.69) is 37.7 Å². The lowest BCUT2D eigenvalue weighted by atomic mass is 10.1. The molecule has 0 saturated heterocycles. The Balaban J connectivity index is 0.000000165. The number of fused-ring (bicyclic) bond motifs is 2. The SMILES string of the molecule is C[C@H]1Cn2ncc(-c3ccc(F)cn3)c2CN1.C[C@H]1Cn2ncc(-c3ccc(F)cn3)c2CN1C(=O)Nc1cc(F)c(F)c(F)c1.Nc1cc(F)c(F)c(F)c1. The molecular weight excluding hydrogens is 752 g/mol. The second-order valence-corrected chi connectivity index (χ2v) is 12.8. The third kappa shape index (κ3) is 8.78. The first-order valence-corrected chi connectivity index (χ1v) is 16.9. The van der Waals surface area contributed by atoms with Crippen molar-refractivity contribution in [2.45, 2.75) is 52.1 Å². The lowest BCUT2D eigenvalue weighted by molar-refractivity contribution is 0.161. The Morgan fingerprint density at radius 2 is 1.21 bits per heavy atom. The van der Waals surface area contributed by atoms with Crippen molar-refractivity contribution in [3.05, 3.63) is 131 Å². The molecule has 8 rings (SSSR count). The van der Waals surface area contributed by atoms with Crippen molar-refractivity contribution in [2.24, 2.45) is 0 Å². The van der Waals surface area contributed by atoms with E-state index in [1.54, 1.807) is 30.1 Å². The number of carbonyl (C=O) groups excluding carboxylic acids is 1. The summed E-state index contributed by atoms with van der Waals surface area (Å²) in [6.45, 7) is 6.09. The minimum absolute atomic E-state index is 0.128. The summed E-state index contributed by atoms with van der Waals surface area (Å²) >= 11 is 0. The predicted octanol–water partition coefficient (Wildman–Crippen LogP) is 7.20. The molecule has 6 aromatic rings. The van der Waals surface area contributed by atoms with Crippen LogP contribution in [0.4, 0.5) is 51.3 Å². The quantitative estimate of drug-likeness (QED) is 0.0983. The number of halogens is 8. The molecule has 19 heteroatoms. The van der Waals surface area contributed by atoms with Gasteiger partial charge in [-0.05, 0) is 38.1 Å². The number of nitrogens with zero attached hydrogens (tertiary/aromatic N) is 7. The predicted molar refractivity (Wildman–Crippen MR) is 188 cm³/mol. The van der Waals surface area contributed by atoms with Crippen LogP contribution in [-0.4, -0.2) is 52.5 Å².